The second-order valence-corrected chi connectivity index (χ2v) is 3.90. The summed E-state index contributed by atoms with van der Waals surface area (Å²) in [6.45, 7) is 4.21. The normalized spacial score (nSPS) is 39.5. The molecule has 1 aliphatic carbocycles. The Kier molecular flexibility index (Phi) is 2.90. The molecule has 3 atom stereocenters. The van der Waals surface area contributed by atoms with Crippen LogP contribution in [0, 0.1) is 11.8 Å². The average molecular weight is 158 g/mol. The molecule has 0 amide bonds. The van der Waals surface area contributed by atoms with Crippen LogP contribution in [0.25, 0.3) is 0 Å². The first-order valence-electron chi connectivity index (χ1n) is 4.49. The van der Waals surface area contributed by atoms with E-state index in [0.717, 1.165) is 19.3 Å². The molecule has 0 heterocycles. The van der Waals surface area contributed by atoms with Crippen molar-refractivity contribution in [1.29, 1.82) is 0 Å². The van der Waals surface area contributed by atoms with Gasteiger partial charge in [-0.25, -0.2) is 0 Å². The molecule has 0 aromatic carbocycles. The van der Waals surface area contributed by atoms with Gasteiger partial charge in [0, 0.05) is 0 Å². The summed E-state index contributed by atoms with van der Waals surface area (Å²) < 4.78 is 0. The predicted molar refractivity (Wildman–Crippen MR) is 44.2 cm³/mol. The van der Waals surface area contributed by atoms with E-state index in [1.807, 2.05) is 0 Å². The molecule has 2 heteroatoms. The molecule has 66 valence electrons. The molecular weight excluding hydrogens is 140 g/mol. The summed E-state index contributed by atoms with van der Waals surface area (Å²) in [7, 11) is 0. The van der Waals surface area contributed by atoms with Gasteiger partial charge < -0.3 is 10.2 Å². The van der Waals surface area contributed by atoms with E-state index in [1.54, 1.807) is 0 Å². The van der Waals surface area contributed by atoms with Crippen molar-refractivity contribution in [2.24, 2.45) is 11.8 Å². The molecule has 1 saturated carbocycles. The first-order valence-corrected chi connectivity index (χ1v) is 4.49. The maximum absolute atomic E-state index is 9.56. The first kappa shape index (κ1) is 9.01. The summed E-state index contributed by atoms with van der Waals surface area (Å²) in [5.74, 6) is 0.790. The fraction of sp³-hybridized carbons (Fsp3) is 1.00. The molecule has 11 heavy (non-hydrogen) atoms. The lowest BCUT2D eigenvalue weighted by Gasteiger charge is -2.34. The third-order valence-electron chi connectivity index (χ3n) is 2.73. The Hall–Kier alpha value is -0.0800. The van der Waals surface area contributed by atoms with E-state index in [0.29, 0.717) is 11.8 Å². The average Bonchev–Trinajstić information content (AvgIpc) is 1.94. The molecule has 0 unspecified atom stereocenters. The lowest BCUT2D eigenvalue weighted by Crippen LogP contribution is -2.39. The topological polar surface area (TPSA) is 40.5 Å². The molecule has 1 aliphatic rings. The highest BCUT2D eigenvalue weighted by Gasteiger charge is 2.31. The molecule has 1 fully saturated rings. The Balaban J connectivity index is 2.51. The summed E-state index contributed by atoms with van der Waals surface area (Å²) in [6, 6.07) is 0. The van der Waals surface area contributed by atoms with Gasteiger partial charge in [0.25, 0.3) is 0 Å². The molecule has 2 nitrogen and oxygen atoms in total. The van der Waals surface area contributed by atoms with Gasteiger partial charge in [-0.1, -0.05) is 20.3 Å². The van der Waals surface area contributed by atoms with Crippen molar-refractivity contribution < 1.29 is 10.2 Å². The SMILES string of the molecule is CC(C)[C@H]1CCC[C@@H](O)[C@H]1O. The van der Waals surface area contributed by atoms with Gasteiger partial charge in [-0.2, -0.15) is 0 Å². The van der Waals surface area contributed by atoms with E-state index in [-0.39, 0.29) is 0 Å². The fourth-order valence-corrected chi connectivity index (χ4v) is 1.92. The number of aliphatic hydroxyl groups excluding tert-OH is 2. The second kappa shape index (κ2) is 3.55. The van der Waals surface area contributed by atoms with Crippen LogP contribution in [0.5, 0.6) is 0 Å². The molecule has 0 radical (unpaired) electrons. The number of hydrogen-bond donors (Lipinski definition) is 2. The second-order valence-electron chi connectivity index (χ2n) is 3.90. The fourth-order valence-electron chi connectivity index (χ4n) is 1.92. The Morgan fingerprint density at radius 2 is 1.82 bits per heavy atom. The van der Waals surface area contributed by atoms with Crippen LogP contribution in [0.15, 0.2) is 0 Å². The Bertz CT molecular complexity index is 123. The number of aliphatic hydroxyl groups is 2. The summed E-state index contributed by atoms with van der Waals surface area (Å²) in [5, 5.41) is 18.9. The van der Waals surface area contributed by atoms with Crippen molar-refractivity contribution in [2.45, 2.75) is 45.3 Å². The summed E-state index contributed by atoms with van der Waals surface area (Å²) in [5.41, 5.74) is 0. The smallest absolute Gasteiger partial charge is 0.0829 e. The molecule has 0 saturated heterocycles. The maximum Gasteiger partial charge on any atom is 0.0829 e. The van der Waals surface area contributed by atoms with Gasteiger partial charge in [-0.05, 0) is 24.7 Å². The highest BCUT2D eigenvalue weighted by molar-refractivity contribution is 4.82. The molecule has 2 N–H and O–H groups in total. The van der Waals surface area contributed by atoms with E-state index in [4.69, 9.17) is 0 Å². The van der Waals surface area contributed by atoms with E-state index >= 15 is 0 Å². The zero-order valence-electron chi connectivity index (χ0n) is 7.33. The van der Waals surface area contributed by atoms with Gasteiger partial charge in [0.15, 0.2) is 0 Å². The zero-order chi connectivity index (χ0) is 8.43. The Morgan fingerprint density at radius 3 is 2.27 bits per heavy atom. The van der Waals surface area contributed by atoms with E-state index in [9.17, 15) is 10.2 Å². The van der Waals surface area contributed by atoms with Gasteiger partial charge in [0.1, 0.15) is 0 Å². The first-order chi connectivity index (χ1) is 5.13. The predicted octanol–water partition coefficient (Wildman–Crippen LogP) is 1.16. The third-order valence-corrected chi connectivity index (χ3v) is 2.73. The van der Waals surface area contributed by atoms with Crippen molar-refractivity contribution in [3.8, 4) is 0 Å². The van der Waals surface area contributed by atoms with Gasteiger partial charge in [-0.3, -0.25) is 0 Å². The van der Waals surface area contributed by atoms with Crippen molar-refractivity contribution in [3.63, 3.8) is 0 Å². The largest absolute Gasteiger partial charge is 0.390 e. The quantitative estimate of drug-likeness (QED) is 0.601. The minimum atomic E-state index is -0.483. The van der Waals surface area contributed by atoms with Crippen LogP contribution in [-0.2, 0) is 0 Å². The van der Waals surface area contributed by atoms with E-state index < -0.39 is 12.2 Å². The van der Waals surface area contributed by atoms with Gasteiger partial charge in [0.2, 0.25) is 0 Å². The van der Waals surface area contributed by atoms with Crippen molar-refractivity contribution in [2.75, 3.05) is 0 Å². The van der Waals surface area contributed by atoms with Crippen LogP contribution in [-0.4, -0.2) is 22.4 Å². The Labute approximate surface area is 68.2 Å². The highest BCUT2D eigenvalue weighted by Crippen LogP contribution is 2.30. The highest BCUT2D eigenvalue weighted by atomic mass is 16.3. The molecule has 0 bridgehead atoms. The Morgan fingerprint density at radius 1 is 1.18 bits per heavy atom. The molecule has 0 spiro atoms. The molecule has 1 rings (SSSR count). The lowest BCUT2D eigenvalue weighted by molar-refractivity contribution is -0.0573. The van der Waals surface area contributed by atoms with Crippen molar-refractivity contribution in [3.05, 3.63) is 0 Å². The van der Waals surface area contributed by atoms with Crippen LogP contribution < -0.4 is 0 Å². The molecular formula is C9H18O2. The van der Waals surface area contributed by atoms with Crippen LogP contribution in [0.3, 0.4) is 0 Å². The maximum atomic E-state index is 9.56. The molecule has 0 aliphatic heterocycles. The monoisotopic (exact) mass is 158 g/mol. The van der Waals surface area contributed by atoms with Gasteiger partial charge in [-0.15, -0.1) is 0 Å². The van der Waals surface area contributed by atoms with Crippen LogP contribution in [0.4, 0.5) is 0 Å². The van der Waals surface area contributed by atoms with E-state index in [1.165, 1.54) is 0 Å². The minimum absolute atomic E-state index is 0.304. The lowest BCUT2D eigenvalue weighted by atomic mass is 9.78. The van der Waals surface area contributed by atoms with Gasteiger partial charge >= 0.3 is 0 Å². The summed E-state index contributed by atoms with van der Waals surface area (Å²) >= 11 is 0. The van der Waals surface area contributed by atoms with E-state index in [2.05, 4.69) is 13.8 Å². The third kappa shape index (κ3) is 1.94. The number of hydrogen-bond acceptors (Lipinski definition) is 2. The molecule has 0 aromatic heterocycles. The minimum Gasteiger partial charge on any atom is -0.390 e. The van der Waals surface area contributed by atoms with Gasteiger partial charge in [0.05, 0.1) is 12.2 Å². The molecule has 0 aromatic rings. The summed E-state index contributed by atoms with van der Waals surface area (Å²) in [4.78, 5) is 0. The van der Waals surface area contributed by atoms with Crippen LogP contribution in [0.1, 0.15) is 33.1 Å². The van der Waals surface area contributed by atoms with Crippen LogP contribution in [0.2, 0.25) is 0 Å². The number of rotatable bonds is 1. The van der Waals surface area contributed by atoms with Crippen molar-refractivity contribution >= 4 is 0 Å². The standard InChI is InChI=1S/C9H18O2/c1-6(2)7-4-3-5-8(10)9(7)11/h6-11H,3-5H2,1-2H3/t7-,8-,9+/m1/s1. The van der Waals surface area contributed by atoms with Crippen LogP contribution >= 0.6 is 0 Å². The van der Waals surface area contributed by atoms with Crippen molar-refractivity contribution in [1.82, 2.24) is 0 Å². The summed E-state index contributed by atoms with van der Waals surface area (Å²) in [6.07, 6.45) is 1.93. The zero-order valence-corrected chi connectivity index (χ0v) is 7.33.